The van der Waals surface area contributed by atoms with Gasteiger partial charge in [0, 0.05) is 12.4 Å². The van der Waals surface area contributed by atoms with Crippen molar-refractivity contribution in [2.45, 2.75) is 4.90 Å². The predicted molar refractivity (Wildman–Crippen MR) is 87.4 cm³/mol. The first-order chi connectivity index (χ1) is 10.4. The minimum atomic E-state index is -4.40. The summed E-state index contributed by atoms with van der Waals surface area (Å²) in [7, 11) is -4.40. The number of halogens is 1. The van der Waals surface area contributed by atoms with Gasteiger partial charge in [-0.3, -0.25) is 9.98 Å². The van der Waals surface area contributed by atoms with Gasteiger partial charge < -0.3 is 10.2 Å². The maximum atomic E-state index is 11.3. The van der Waals surface area contributed by atoms with Gasteiger partial charge in [0.25, 0.3) is 0 Å². The average molecular weight is 508 g/mol. The van der Waals surface area contributed by atoms with Gasteiger partial charge in [-0.05, 0) is 24.3 Å². The first-order valence-electron chi connectivity index (χ1n) is 6.02. The van der Waals surface area contributed by atoms with Gasteiger partial charge in [-0.1, -0.05) is 29.8 Å². The molecule has 6 nitrogen and oxygen atoms in total. The van der Waals surface area contributed by atoms with Crippen LogP contribution >= 0.6 is 11.6 Å². The molecule has 0 bridgehead atoms. The fraction of sp³-hybridized carbons (Fsp3) is 0. The number of sulfonamides is 1. The Labute approximate surface area is 243 Å². The number of para-hydroxylation sites is 1. The number of rotatable bonds is 4. The molecule has 0 unspecified atom stereocenters. The summed E-state index contributed by atoms with van der Waals surface area (Å²) >= 11 is 5.69. The van der Waals surface area contributed by atoms with Crippen LogP contribution in [0.1, 0.15) is 0 Å². The van der Waals surface area contributed by atoms with Crippen molar-refractivity contribution in [3.05, 3.63) is 52.6 Å². The van der Waals surface area contributed by atoms with Gasteiger partial charge in [-0.2, -0.15) is 0 Å². The number of aliphatic imine (C=N–C) groups is 2. The Balaban J connectivity index is 0.00000264. The van der Waals surface area contributed by atoms with Crippen LogP contribution in [0.5, 0.6) is 5.75 Å². The number of nitrogens with one attached hydrogen (secondary N) is 1. The molecule has 0 atom stereocenters. The molecule has 2 aromatic carbocycles. The van der Waals surface area contributed by atoms with Gasteiger partial charge in [-0.25, -0.2) is 8.42 Å². The van der Waals surface area contributed by atoms with Gasteiger partial charge in [0.15, 0.2) is 5.75 Å². The summed E-state index contributed by atoms with van der Waals surface area (Å²) in [6, 6.07) is 11.7. The summed E-state index contributed by atoms with van der Waals surface area (Å²) in [5, 5.41) is 16.7. The van der Waals surface area contributed by atoms with Crippen molar-refractivity contribution in [2.75, 3.05) is 0 Å². The van der Waals surface area contributed by atoms with Crippen molar-refractivity contribution in [2.24, 2.45) is 9.98 Å². The number of phenols is 1. The number of hydrogen-bond acceptors (Lipinski definition) is 5. The molecule has 0 amide bonds. The molecule has 0 aliphatic rings. The van der Waals surface area contributed by atoms with Crippen LogP contribution in [-0.2, 0) is 10.0 Å². The Morgan fingerprint density at radius 3 is 2.17 bits per heavy atom. The second-order valence-corrected chi connectivity index (χ2v) is 5.96. The summed E-state index contributed by atoms with van der Waals surface area (Å²) in [5.41, 5.74) is 0.707. The third-order valence-corrected chi connectivity index (χ3v) is 3.97. The molecule has 0 fully saturated rings. The normalized spacial score (nSPS) is 11.2. The maximum absolute atomic E-state index is 11.3. The first kappa shape index (κ1) is 25.4. The summed E-state index contributed by atoms with van der Waals surface area (Å²) in [5.74, 6) is -0.660. The number of phenolic OH excluding ortho intramolecular Hbond substituents is 1. The number of hydrogen-bond donors (Lipinski definition) is 1. The standard InChI is InChI=1S/C14H11ClN3O3S.2Rb/c15-11-6-7-12(13(19)14(11)22(16,20)21)18-9-8-17-10-4-2-1-3-5-10;;/h1-9H,(H2-,16,17,19,20,21);;/q-1;2*+1. The fourth-order valence-electron chi connectivity index (χ4n) is 1.64. The van der Waals surface area contributed by atoms with Crippen molar-refractivity contribution >= 4 is 45.4 Å². The van der Waals surface area contributed by atoms with Crippen LogP contribution in [0.3, 0.4) is 0 Å². The molecule has 2 rings (SSSR count). The minimum absolute atomic E-state index is 0. The van der Waals surface area contributed by atoms with Crippen LogP contribution in [-0.4, -0.2) is 26.0 Å². The van der Waals surface area contributed by atoms with Gasteiger partial charge in [0.1, 0.15) is 20.6 Å². The molecular formula is C14H11ClN3O3Rb2S+. The third-order valence-electron chi connectivity index (χ3n) is 2.59. The Kier molecular flexibility index (Phi) is 12.7. The van der Waals surface area contributed by atoms with E-state index in [0.29, 0.717) is 0 Å². The van der Waals surface area contributed by atoms with Crippen LogP contribution in [0.2, 0.25) is 5.02 Å². The van der Waals surface area contributed by atoms with Crippen molar-refractivity contribution in [1.29, 1.82) is 0 Å². The molecular weight excluding hydrogens is 497 g/mol. The van der Waals surface area contributed by atoms with Crippen LogP contribution in [0.25, 0.3) is 5.14 Å². The van der Waals surface area contributed by atoms with E-state index in [1.165, 1.54) is 24.6 Å². The van der Waals surface area contributed by atoms with Crippen LogP contribution in [0.15, 0.2) is 57.3 Å². The maximum Gasteiger partial charge on any atom is 1.00 e. The molecule has 0 aromatic heterocycles. The van der Waals surface area contributed by atoms with Gasteiger partial charge in [0.2, 0.25) is 0 Å². The predicted octanol–water partition coefficient (Wildman–Crippen LogP) is -2.10. The Morgan fingerprint density at radius 2 is 1.58 bits per heavy atom. The monoisotopic (exact) mass is 506 g/mol. The van der Waals surface area contributed by atoms with E-state index >= 15 is 0 Å². The Morgan fingerprint density at radius 1 is 1.00 bits per heavy atom. The molecule has 0 aliphatic carbocycles. The second-order valence-electron chi connectivity index (χ2n) is 4.14. The fourth-order valence-corrected chi connectivity index (χ4v) is 2.78. The van der Waals surface area contributed by atoms with E-state index in [-0.39, 0.29) is 127 Å². The summed E-state index contributed by atoms with van der Waals surface area (Å²) in [6.07, 6.45) is 2.70. The quantitative estimate of drug-likeness (QED) is 0.480. The summed E-state index contributed by atoms with van der Waals surface area (Å²) in [4.78, 5) is 7.34. The molecule has 2 aromatic rings. The number of nitrogens with zero attached hydrogens (tertiary/aromatic N) is 2. The number of aromatic hydroxyl groups is 1. The second kappa shape index (κ2) is 12.0. The van der Waals surface area contributed by atoms with E-state index in [0.717, 1.165) is 5.69 Å². The molecule has 0 heterocycles. The Bertz CT molecular complexity index is 844. The average Bonchev–Trinajstić information content (AvgIpc) is 2.45. The zero-order valence-electron chi connectivity index (χ0n) is 13.1. The van der Waals surface area contributed by atoms with E-state index in [1.807, 2.05) is 18.2 Å². The van der Waals surface area contributed by atoms with Gasteiger partial charge in [-0.15, -0.1) is 0 Å². The molecule has 0 aliphatic heterocycles. The summed E-state index contributed by atoms with van der Waals surface area (Å²) < 4.78 is 22.6. The topological polar surface area (TPSA) is 103 Å². The van der Waals surface area contributed by atoms with Gasteiger partial charge >= 0.3 is 116 Å². The van der Waals surface area contributed by atoms with Gasteiger partial charge in [0.05, 0.1) is 10.7 Å². The molecule has 0 saturated heterocycles. The molecule has 2 N–H and O–H groups in total. The van der Waals surface area contributed by atoms with Crippen molar-refractivity contribution in [1.82, 2.24) is 0 Å². The van der Waals surface area contributed by atoms with E-state index in [1.54, 1.807) is 12.1 Å². The third kappa shape index (κ3) is 7.56. The molecule has 0 spiro atoms. The van der Waals surface area contributed by atoms with E-state index in [9.17, 15) is 13.5 Å². The molecule has 0 saturated carbocycles. The van der Waals surface area contributed by atoms with E-state index < -0.39 is 20.7 Å². The first-order valence-corrected chi connectivity index (χ1v) is 7.88. The van der Waals surface area contributed by atoms with E-state index in [2.05, 4.69) is 9.98 Å². The minimum Gasteiger partial charge on any atom is -0.560 e. The molecule has 10 heteroatoms. The van der Waals surface area contributed by atoms with Crippen molar-refractivity contribution < 1.29 is 130 Å². The van der Waals surface area contributed by atoms with E-state index in [4.69, 9.17) is 16.7 Å². The Hall–Kier alpha value is 1.39. The van der Waals surface area contributed by atoms with Crippen LogP contribution in [0, 0.1) is 0 Å². The molecule has 0 radical (unpaired) electrons. The SMILES string of the molecule is [NH-]S(=O)(=O)c1c(Cl)ccc(N=CC=Nc2ccccc2)c1O.[Rb+].[Rb+]. The smallest absolute Gasteiger partial charge is 0.560 e. The zero-order valence-corrected chi connectivity index (χ0v) is 24.5. The molecule has 24 heavy (non-hydrogen) atoms. The zero-order chi connectivity index (χ0) is 16.2. The van der Waals surface area contributed by atoms with Crippen LogP contribution in [0.4, 0.5) is 11.4 Å². The van der Waals surface area contributed by atoms with Crippen LogP contribution < -0.4 is 116 Å². The molecule has 114 valence electrons. The van der Waals surface area contributed by atoms with Crippen molar-refractivity contribution in [3.8, 4) is 5.75 Å². The summed E-state index contributed by atoms with van der Waals surface area (Å²) in [6.45, 7) is 0. The van der Waals surface area contributed by atoms with Crippen molar-refractivity contribution in [3.63, 3.8) is 0 Å². The largest absolute Gasteiger partial charge is 1.00 e. The number of benzene rings is 2.